The van der Waals surface area contributed by atoms with Gasteiger partial charge in [0.15, 0.2) is 5.78 Å². The number of hydrogen-bond acceptors (Lipinski definition) is 2. The van der Waals surface area contributed by atoms with Gasteiger partial charge in [0.25, 0.3) is 0 Å². The first-order valence-corrected chi connectivity index (χ1v) is 2.90. The van der Waals surface area contributed by atoms with Crippen LogP contribution in [0.1, 0.15) is 13.3 Å². The molecule has 1 rings (SSSR count). The van der Waals surface area contributed by atoms with E-state index >= 15 is 0 Å². The quantitative estimate of drug-likeness (QED) is 0.572. The molecule has 0 aromatic rings. The van der Waals surface area contributed by atoms with Gasteiger partial charge in [-0.25, -0.2) is 0 Å². The van der Waals surface area contributed by atoms with Crippen molar-refractivity contribution in [1.29, 1.82) is 0 Å². The highest BCUT2D eigenvalue weighted by atomic mass is 16.3. The van der Waals surface area contributed by atoms with Crippen LogP contribution in [0.2, 0.25) is 0 Å². The molecule has 2 heteroatoms. The molecule has 48 valence electrons. The van der Waals surface area contributed by atoms with E-state index in [4.69, 9.17) is 5.11 Å². The van der Waals surface area contributed by atoms with Crippen LogP contribution < -0.4 is 0 Å². The Hall–Kier alpha value is -1.05. The van der Waals surface area contributed by atoms with Gasteiger partial charge in [-0.05, 0) is 18.6 Å². The molecule has 0 spiro atoms. The number of rotatable bonds is 1. The van der Waals surface area contributed by atoms with Gasteiger partial charge >= 0.3 is 0 Å². The molecule has 0 heterocycles. The number of carbonyl (C=O) groups excluding carboxylic acids is 1. The molecule has 0 bridgehead atoms. The fourth-order valence-electron chi connectivity index (χ4n) is 0.837. The van der Waals surface area contributed by atoms with Crippen molar-refractivity contribution in [2.75, 3.05) is 0 Å². The molecule has 0 fully saturated rings. The molecule has 0 saturated heterocycles. The molecule has 0 aromatic heterocycles. The van der Waals surface area contributed by atoms with Crippen molar-refractivity contribution >= 4 is 5.78 Å². The van der Waals surface area contributed by atoms with Crippen molar-refractivity contribution in [2.45, 2.75) is 13.3 Å². The van der Waals surface area contributed by atoms with Crippen LogP contribution in [-0.4, -0.2) is 10.9 Å². The van der Waals surface area contributed by atoms with Crippen LogP contribution in [0.5, 0.6) is 0 Å². The van der Waals surface area contributed by atoms with Crippen molar-refractivity contribution in [3.05, 3.63) is 23.5 Å². The van der Waals surface area contributed by atoms with Crippen LogP contribution in [0.15, 0.2) is 23.5 Å². The van der Waals surface area contributed by atoms with Crippen LogP contribution in [0.25, 0.3) is 0 Å². The average molecular weight is 124 g/mol. The van der Waals surface area contributed by atoms with E-state index in [9.17, 15) is 4.79 Å². The minimum Gasteiger partial charge on any atom is -0.508 e. The predicted octanol–water partition coefficient (Wildman–Crippen LogP) is 1.35. The summed E-state index contributed by atoms with van der Waals surface area (Å²) in [6.07, 6.45) is 3.42. The second kappa shape index (κ2) is 2.05. The Morgan fingerprint density at radius 2 is 2.22 bits per heavy atom. The minimum absolute atomic E-state index is 0.0602. The lowest BCUT2D eigenvalue weighted by Gasteiger charge is -1.92. The first kappa shape index (κ1) is 6.08. The maximum atomic E-state index is 10.7. The lowest BCUT2D eigenvalue weighted by molar-refractivity contribution is -0.111. The summed E-state index contributed by atoms with van der Waals surface area (Å²) in [5.41, 5.74) is 0.523. The van der Waals surface area contributed by atoms with E-state index in [2.05, 4.69) is 0 Å². The standard InChI is InChI=1S/C7H8O2/c1-2-5-6(8)3-4-7(5)9/h3-4,8H,2H2,1H3. The van der Waals surface area contributed by atoms with E-state index in [0.717, 1.165) is 0 Å². The van der Waals surface area contributed by atoms with Gasteiger partial charge in [-0.3, -0.25) is 4.79 Å². The summed E-state index contributed by atoms with van der Waals surface area (Å²) in [6.45, 7) is 1.84. The normalized spacial score (nSPS) is 17.7. The maximum Gasteiger partial charge on any atom is 0.185 e. The molecular formula is C7H8O2. The van der Waals surface area contributed by atoms with Crippen molar-refractivity contribution in [3.63, 3.8) is 0 Å². The summed E-state index contributed by atoms with van der Waals surface area (Å²) < 4.78 is 0. The monoisotopic (exact) mass is 124 g/mol. The Bertz CT molecular complexity index is 199. The highest BCUT2D eigenvalue weighted by molar-refractivity contribution is 6.07. The summed E-state index contributed by atoms with van der Waals surface area (Å²) in [7, 11) is 0. The van der Waals surface area contributed by atoms with E-state index in [1.54, 1.807) is 0 Å². The van der Waals surface area contributed by atoms with E-state index in [1.807, 2.05) is 6.92 Å². The van der Waals surface area contributed by atoms with E-state index in [0.29, 0.717) is 12.0 Å². The molecule has 9 heavy (non-hydrogen) atoms. The largest absolute Gasteiger partial charge is 0.508 e. The van der Waals surface area contributed by atoms with Gasteiger partial charge in [0.05, 0.1) is 0 Å². The minimum atomic E-state index is -0.0602. The van der Waals surface area contributed by atoms with Gasteiger partial charge < -0.3 is 5.11 Å². The zero-order valence-electron chi connectivity index (χ0n) is 5.22. The highest BCUT2D eigenvalue weighted by Gasteiger charge is 2.13. The second-order valence-corrected chi connectivity index (χ2v) is 1.91. The Kier molecular flexibility index (Phi) is 1.39. The van der Waals surface area contributed by atoms with Gasteiger partial charge in [-0.1, -0.05) is 6.92 Å². The average Bonchev–Trinajstić information content (AvgIpc) is 2.12. The van der Waals surface area contributed by atoms with Gasteiger partial charge in [0, 0.05) is 5.57 Å². The van der Waals surface area contributed by atoms with Gasteiger partial charge in [-0.2, -0.15) is 0 Å². The lowest BCUT2D eigenvalue weighted by atomic mass is 10.1. The van der Waals surface area contributed by atoms with Crippen molar-refractivity contribution in [2.24, 2.45) is 0 Å². The number of ketones is 1. The molecule has 0 radical (unpaired) electrons. The molecule has 1 N–H and O–H groups in total. The predicted molar refractivity (Wildman–Crippen MR) is 34.1 cm³/mol. The molecule has 1 aliphatic rings. The number of allylic oxidation sites excluding steroid dienone is 3. The fraction of sp³-hybridized carbons (Fsp3) is 0.286. The Morgan fingerprint density at radius 1 is 1.56 bits per heavy atom. The van der Waals surface area contributed by atoms with E-state index in [1.165, 1.54) is 12.2 Å². The molecule has 1 aliphatic carbocycles. The number of hydrogen-bond donors (Lipinski definition) is 1. The topological polar surface area (TPSA) is 37.3 Å². The van der Waals surface area contributed by atoms with Gasteiger partial charge in [0.1, 0.15) is 5.76 Å². The third-order valence-corrected chi connectivity index (χ3v) is 1.35. The Morgan fingerprint density at radius 3 is 2.44 bits per heavy atom. The summed E-state index contributed by atoms with van der Waals surface area (Å²) in [5, 5.41) is 8.93. The van der Waals surface area contributed by atoms with E-state index in [-0.39, 0.29) is 11.5 Å². The summed E-state index contributed by atoms with van der Waals surface area (Å²) in [6, 6.07) is 0. The first-order valence-electron chi connectivity index (χ1n) is 2.90. The lowest BCUT2D eigenvalue weighted by Crippen LogP contribution is -1.93. The van der Waals surface area contributed by atoms with Crippen LogP contribution in [0.3, 0.4) is 0 Å². The fourth-order valence-corrected chi connectivity index (χ4v) is 0.837. The summed E-state index contributed by atoms with van der Waals surface area (Å²) in [5.74, 6) is 0.0671. The number of aliphatic hydroxyl groups is 1. The van der Waals surface area contributed by atoms with Crippen molar-refractivity contribution < 1.29 is 9.90 Å². The van der Waals surface area contributed by atoms with E-state index < -0.39 is 0 Å². The second-order valence-electron chi connectivity index (χ2n) is 1.91. The molecule has 0 atom stereocenters. The third-order valence-electron chi connectivity index (χ3n) is 1.35. The molecule has 0 aromatic carbocycles. The first-order chi connectivity index (χ1) is 4.25. The van der Waals surface area contributed by atoms with Crippen LogP contribution in [0, 0.1) is 0 Å². The van der Waals surface area contributed by atoms with Crippen molar-refractivity contribution in [1.82, 2.24) is 0 Å². The number of aliphatic hydroxyl groups excluding tert-OH is 1. The van der Waals surface area contributed by atoms with Crippen LogP contribution in [-0.2, 0) is 4.79 Å². The van der Waals surface area contributed by atoms with Gasteiger partial charge in [0.2, 0.25) is 0 Å². The number of carbonyl (C=O) groups is 1. The molecule has 0 saturated carbocycles. The van der Waals surface area contributed by atoms with Crippen molar-refractivity contribution in [3.8, 4) is 0 Å². The SMILES string of the molecule is CCC1=C(O)C=CC1=O. The third kappa shape index (κ3) is 0.875. The molecular weight excluding hydrogens is 116 g/mol. The summed E-state index contributed by atoms with van der Waals surface area (Å²) in [4.78, 5) is 10.7. The molecule has 0 unspecified atom stereocenters. The zero-order valence-corrected chi connectivity index (χ0v) is 5.22. The van der Waals surface area contributed by atoms with Crippen LogP contribution in [0.4, 0.5) is 0 Å². The highest BCUT2D eigenvalue weighted by Crippen LogP contribution is 2.15. The maximum absolute atomic E-state index is 10.7. The van der Waals surface area contributed by atoms with Crippen LogP contribution >= 0.6 is 0 Å². The summed E-state index contributed by atoms with van der Waals surface area (Å²) >= 11 is 0. The Labute approximate surface area is 53.5 Å². The zero-order chi connectivity index (χ0) is 6.85. The molecule has 2 nitrogen and oxygen atoms in total. The smallest absolute Gasteiger partial charge is 0.185 e. The molecule has 0 amide bonds. The molecule has 0 aliphatic heterocycles. The van der Waals surface area contributed by atoms with Gasteiger partial charge in [-0.15, -0.1) is 0 Å². The Balaban J connectivity index is 2.92.